The van der Waals surface area contributed by atoms with Crippen LogP contribution in [0.1, 0.15) is 16.9 Å². The molecule has 24 heavy (non-hydrogen) atoms. The summed E-state index contributed by atoms with van der Waals surface area (Å²) in [6.07, 6.45) is 2.41. The number of hydrogen-bond donors (Lipinski definition) is 0. The summed E-state index contributed by atoms with van der Waals surface area (Å²) in [5.41, 5.74) is 0.470. The zero-order valence-electron chi connectivity index (χ0n) is 13.5. The first-order valence-electron chi connectivity index (χ1n) is 8.15. The summed E-state index contributed by atoms with van der Waals surface area (Å²) < 4.78 is 5.62. The van der Waals surface area contributed by atoms with Crippen molar-refractivity contribution in [2.24, 2.45) is 0 Å². The molecule has 124 valence electrons. The van der Waals surface area contributed by atoms with Gasteiger partial charge in [-0.1, -0.05) is 24.3 Å². The summed E-state index contributed by atoms with van der Waals surface area (Å²) in [4.78, 5) is 32.7. The van der Waals surface area contributed by atoms with Gasteiger partial charge in [0, 0.05) is 31.7 Å². The van der Waals surface area contributed by atoms with Gasteiger partial charge in [-0.25, -0.2) is 0 Å². The number of hydrogen-bond acceptors (Lipinski definition) is 4. The van der Waals surface area contributed by atoms with Crippen LogP contribution in [-0.4, -0.2) is 65.5 Å². The predicted molar refractivity (Wildman–Crippen MR) is 88.6 cm³/mol. The van der Waals surface area contributed by atoms with Crippen molar-refractivity contribution in [1.29, 1.82) is 0 Å². The fourth-order valence-corrected chi connectivity index (χ4v) is 3.57. The third kappa shape index (κ3) is 2.43. The number of amides is 2. The molecule has 6 heteroatoms. The van der Waals surface area contributed by atoms with Crippen LogP contribution in [0.25, 0.3) is 10.8 Å². The summed E-state index contributed by atoms with van der Waals surface area (Å²) >= 11 is 0. The van der Waals surface area contributed by atoms with Gasteiger partial charge < -0.3 is 14.5 Å². The monoisotopic (exact) mass is 325 g/mol. The normalized spacial score (nSPS) is 24.1. The van der Waals surface area contributed by atoms with Gasteiger partial charge in [-0.3, -0.25) is 14.6 Å². The average molecular weight is 325 g/mol. The smallest absolute Gasteiger partial charge is 0.273 e. The van der Waals surface area contributed by atoms with E-state index in [-0.39, 0.29) is 30.6 Å². The Bertz CT molecular complexity index is 802. The molecule has 2 fully saturated rings. The van der Waals surface area contributed by atoms with Crippen molar-refractivity contribution in [3.63, 3.8) is 0 Å². The Labute approximate surface area is 140 Å². The molecule has 0 aliphatic carbocycles. The van der Waals surface area contributed by atoms with E-state index < -0.39 is 0 Å². The van der Waals surface area contributed by atoms with Gasteiger partial charge in [0.1, 0.15) is 12.3 Å². The largest absolute Gasteiger partial charge is 0.366 e. The van der Waals surface area contributed by atoms with E-state index in [0.29, 0.717) is 18.8 Å². The highest BCUT2D eigenvalue weighted by Crippen LogP contribution is 2.25. The van der Waals surface area contributed by atoms with Crippen molar-refractivity contribution in [2.75, 3.05) is 26.7 Å². The zero-order chi connectivity index (χ0) is 16.7. The van der Waals surface area contributed by atoms with Crippen LogP contribution in [0.4, 0.5) is 0 Å². The topological polar surface area (TPSA) is 62.7 Å². The minimum atomic E-state index is -0.0864. The van der Waals surface area contributed by atoms with Crippen LogP contribution in [0.15, 0.2) is 36.5 Å². The molecule has 3 heterocycles. The molecule has 0 N–H and O–H groups in total. The predicted octanol–water partition coefficient (Wildman–Crippen LogP) is 1.31. The van der Waals surface area contributed by atoms with Crippen molar-refractivity contribution in [2.45, 2.75) is 18.6 Å². The van der Waals surface area contributed by atoms with E-state index in [1.807, 2.05) is 30.3 Å². The number of fused-ring (bicyclic) bond motifs is 2. The number of likely N-dealkylation sites (tertiary alicyclic amines) is 1. The molecule has 2 atom stereocenters. The number of carbonyl (C=O) groups is 2. The number of piperidine rings is 1. The van der Waals surface area contributed by atoms with Crippen molar-refractivity contribution in [3.05, 3.63) is 42.2 Å². The number of benzene rings is 1. The Morgan fingerprint density at radius 1 is 1.29 bits per heavy atom. The van der Waals surface area contributed by atoms with Crippen LogP contribution in [0.5, 0.6) is 0 Å². The van der Waals surface area contributed by atoms with Crippen molar-refractivity contribution in [3.8, 4) is 0 Å². The quantitative estimate of drug-likeness (QED) is 0.793. The third-order valence-corrected chi connectivity index (χ3v) is 5.00. The highest BCUT2D eigenvalue weighted by molar-refractivity contribution is 6.05. The number of carbonyl (C=O) groups excluding carboxylic acids is 2. The van der Waals surface area contributed by atoms with Crippen LogP contribution in [0, 0.1) is 0 Å². The molecular weight excluding hydrogens is 306 g/mol. The lowest BCUT2D eigenvalue weighted by atomic mass is 9.98. The first-order chi connectivity index (χ1) is 11.6. The lowest BCUT2D eigenvalue weighted by Crippen LogP contribution is -2.61. The molecule has 6 nitrogen and oxygen atoms in total. The molecule has 1 aromatic heterocycles. The van der Waals surface area contributed by atoms with Gasteiger partial charge in [0.15, 0.2) is 0 Å². The minimum absolute atomic E-state index is 0.0113. The first-order valence-corrected chi connectivity index (χ1v) is 8.15. The molecule has 2 aromatic rings. The van der Waals surface area contributed by atoms with Crippen LogP contribution in [-0.2, 0) is 9.53 Å². The van der Waals surface area contributed by atoms with Crippen LogP contribution in [0.2, 0.25) is 0 Å². The molecule has 1 aromatic carbocycles. The molecule has 2 aliphatic heterocycles. The molecule has 0 saturated carbocycles. The second kappa shape index (κ2) is 5.87. The third-order valence-electron chi connectivity index (χ3n) is 5.00. The SMILES string of the molecule is CN1C(=O)CO[C@@H]2CCN(C(=O)c3nccc4ccccc34)C[C@@H]21. The Hall–Kier alpha value is -2.47. The number of nitrogens with zero attached hydrogens (tertiary/aromatic N) is 3. The maximum absolute atomic E-state index is 13.0. The maximum atomic E-state index is 13.0. The Balaban J connectivity index is 1.62. The lowest BCUT2D eigenvalue weighted by molar-refractivity contribution is -0.159. The summed E-state index contributed by atoms with van der Waals surface area (Å²) in [7, 11) is 1.78. The average Bonchev–Trinajstić information content (AvgIpc) is 2.63. The van der Waals surface area contributed by atoms with E-state index in [4.69, 9.17) is 4.74 Å². The molecule has 2 amide bonds. The van der Waals surface area contributed by atoms with Gasteiger partial charge in [0.2, 0.25) is 5.91 Å². The second-order valence-corrected chi connectivity index (χ2v) is 6.34. The van der Waals surface area contributed by atoms with Gasteiger partial charge >= 0.3 is 0 Å². The fourth-order valence-electron chi connectivity index (χ4n) is 3.57. The number of rotatable bonds is 1. The van der Waals surface area contributed by atoms with Gasteiger partial charge in [0.05, 0.1) is 12.1 Å². The zero-order valence-corrected chi connectivity index (χ0v) is 13.5. The highest BCUT2D eigenvalue weighted by Gasteiger charge is 2.40. The first kappa shape index (κ1) is 15.1. The van der Waals surface area contributed by atoms with Gasteiger partial charge in [0.25, 0.3) is 5.91 Å². The Morgan fingerprint density at radius 2 is 2.12 bits per heavy atom. The van der Waals surface area contributed by atoms with Crippen LogP contribution < -0.4 is 0 Å². The van der Waals surface area contributed by atoms with E-state index in [2.05, 4.69) is 4.98 Å². The Morgan fingerprint density at radius 3 is 3.00 bits per heavy atom. The summed E-state index contributed by atoms with van der Waals surface area (Å²) in [5, 5.41) is 1.86. The number of morpholine rings is 1. The summed E-state index contributed by atoms with van der Waals surface area (Å²) in [6, 6.07) is 9.57. The summed E-state index contributed by atoms with van der Waals surface area (Å²) in [5.74, 6) is -0.120. The van der Waals surface area contributed by atoms with Crippen molar-refractivity contribution < 1.29 is 14.3 Å². The van der Waals surface area contributed by atoms with Crippen molar-refractivity contribution in [1.82, 2.24) is 14.8 Å². The number of ether oxygens (including phenoxy) is 1. The van der Waals surface area contributed by atoms with E-state index >= 15 is 0 Å². The van der Waals surface area contributed by atoms with Gasteiger partial charge in [-0.05, 0) is 17.9 Å². The standard InChI is InChI=1S/C18H19N3O3/c1-20-14-10-21(9-7-15(14)24-11-16(20)22)18(23)17-13-5-3-2-4-12(13)6-8-19-17/h2-6,8,14-15H,7,9-11H2,1H3/t14-,15+/m0/s1. The maximum Gasteiger partial charge on any atom is 0.273 e. The Kier molecular flexibility index (Phi) is 3.69. The van der Waals surface area contributed by atoms with Crippen LogP contribution in [0.3, 0.4) is 0 Å². The lowest BCUT2D eigenvalue weighted by Gasteiger charge is -2.45. The van der Waals surface area contributed by atoms with E-state index in [9.17, 15) is 9.59 Å². The number of aromatic nitrogens is 1. The van der Waals surface area contributed by atoms with E-state index in [1.165, 1.54) is 0 Å². The molecule has 0 unspecified atom stereocenters. The fraction of sp³-hybridized carbons (Fsp3) is 0.389. The van der Waals surface area contributed by atoms with Crippen LogP contribution >= 0.6 is 0 Å². The summed E-state index contributed by atoms with van der Waals surface area (Å²) in [6.45, 7) is 1.24. The molecule has 4 rings (SSSR count). The number of likely N-dealkylation sites (N-methyl/N-ethyl adjacent to an activating group) is 1. The molecule has 0 bridgehead atoms. The molecular formula is C18H19N3O3. The second-order valence-electron chi connectivity index (χ2n) is 6.34. The van der Waals surface area contributed by atoms with Gasteiger partial charge in [-0.15, -0.1) is 0 Å². The minimum Gasteiger partial charge on any atom is -0.366 e. The molecule has 2 aliphatic rings. The highest BCUT2D eigenvalue weighted by atomic mass is 16.5. The number of pyridine rings is 1. The molecule has 2 saturated heterocycles. The molecule has 0 radical (unpaired) electrons. The molecule has 0 spiro atoms. The van der Waals surface area contributed by atoms with E-state index in [1.54, 1.807) is 23.0 Å². The van der Waals surface area contributed by atoms with E-state index in [0.717, 1.165) is 17.2 Å². The van der Waals surface area contributed by atoms with Crippen molar-refractivity contribution >= 4 is 22.6 Å². The van der Waals surface area contributed by atoms with Gasteiger partial charge in [-0.2, -0.15) is 0 Å².